The van der Waals surface area contributed by atoms with Gasteiger partial charge in [0, 0.05) is 6.42 Å². The van der Waals surface area contributed by atoms with Gasteiger partial charge in [-0.2, -0.15) is 0 Å². The Morgan fingerprint density at radius 1 is 0.885 bits per heavy atom. The molecule has 0 radical (unpaired) electrons. The van der Waals surface area contributed by atoms with Crippen LogP contribution in [-0.2, 0) is 27.4 Å². The number of alkyl carbamates (subject to hydrolysis) is 1. The molecule has 1 amide bonds. The third-order valence-electron chi connectivity index (χ3n) is 3.76. The predicted molar refractivity (Wildman–Crippen MR) is 95.6 cm³/mol. The molecule has 6 nitrogen and oxygen atoms in total. The maximum absolute atomic E-state index is 12.3. The lowest BCUT2D eigenvalue weighted by molar-refractivity contribution is -0.138. The Kier molecular flexibility index (Phi) is 7.36. The number of ether oxygens (including phenoxy) is 1. The summed E-state index contributed by atoms with van der Waals surface area (Å²) in [6.07, 6.45) is -0.852. The first-order valence-corrected chi connectivity index (χ1v) is 8.30. The largest absolute Gasteiger partial charge is 0.481 e. The Morgan fingerprint density at radius 2 is 1.46 bits per heavy atom. The first-order chi connectivity index (χ1) is 12.5. The Morgan fingerprint density at radius 3 is 2.04 bits per heavy atom. The van der Waals surface area contributed by atoms with E-state index in [-0.39, 0.29) is 31.7 Å². The number of benzene rings is 2. The molecule has 2 rings (SSSR count). The fourth-order valence-electron chi connectivity index (χ4n) is 2.41. The molecule has 26 heavy (non-hydrogen) atoms. The van der Waals surface area contributed by atoms with Crippen molar-refractivity contribution in [2.45, 2.75) is 31.9 Å². The van der Waals surface area contributed by atoms with E-state index in [1.807, 2.05) is 60.7 Å². The number of hydrogen-bond donors (Lipinski definition) is 2. The number of carboxylic acid groups (broad SMARTS) is 1. The molecule has 0 fully saturated rings. The van der Waals surface area contributed by atoms with E-state index in [2.05, 4.69) is 5.32 Å². The highest BCUT2D eigenvalue weighted by Gasteiger charge is 2.22. The number of ketones is 1. The van der Waals surface area contributed by atoms with Crippen LogP contribution in [0.15, 0.2) is 60.7 Å². The average molecular weight is 355 g/mol. The number of carboxylic acids is 1. The Balaban J connectivity index is 1.96. The summed E-state index contributed by atoms with van der Waals surface area (Å²) in [6.45, 7) is 0.0913. The molecule has 0 aliphatic carbocycles. The topological polar surface area (TPSA) is 92.7 Å². The molecule has 0 aliphatic heterocycles. The van der Waals surface area contributed by atoms with Crippen LogP contribution in [0.5, 0.6) is 0 Å². The van der Waals surface area contributed by atoms with E-state index in [0.29, 0.717) is 0 Å². The molecule has 2 aromatic rings. The van der Waals surface area contributed by atoms with Crippen molar-refractivity contribution in [3.8, 4) is 0 Å². The highest BCUT2D eigenvalue weighted by atomic mass is 16.5. The SMILES string of the molecule is O=C(O)CCC(=O)[C@H](Cc1ccccc1)NC(=O)OCc1ccccc1. The summed E-state index contributed by atoms with van der Waals surface area (Å²) in [5, 5.41) is 11.3. The maximum atomic E-state index is 12.3. The number of Topliss-reactive ketones (excluding diaryl/α,β-unsaturated/α-hetero) is 1. The zero-order valence-electron chi connectivity index (χ0n) is 14.3. The van der Waals surface area contributed by atoms with Crippen LogP contribution in [0.3, 0.4) is 0 Å². The molecule has 0 spiro atoms. The normalized spacial score (nSPS) is 11.4. The fourth-order valence-corrected chi connectivity index (χ4v) is 2.41. The summed E-state index contributed by atoms with van der Waals surface area (Å²) in [6, 6.07) is 17.6. The summed E-state index contributed by atoms with van der Waals surface area (Å²) in [4.78, 5) is 35.1. The molecule has 2 N–H and O–H groups in total. The van der Waals surface area contributed by atoms with Crippen molar-refractivity contribution in [1.82, 2.24) is 5.32 Å². The quantitative estimate of drug-likeness (QED) is 0.721. The van der Waals surface area contributed by atoms with Gasteiger partial charge in [-0.3, -0.25) is 9.59 Å². The van der Waals surface area contributed by atoms with Crippen LogP contribution < -0.4 is 5.32 Å². The number of rotatable bonds is 9. The monoisotopic (exact) mass is 355 g/mol. The second-order valence-corrected chi connectivity index (χ2v) is 5.81. The highest BCUT2D eigenvalue weighted by molar-refractivity contribution is 5.89. The summed E-state index contributed by atoms with van der Waals surface area (Å²) in [5.74, 6) is -1.39. The fraction of sp³-hybridized carbons (Fsp3) is 0.250. The molecule has 0 saturated carbocycles. The number of carbonyl (C=O) groups is 3. The average Bonchev–Trinajstić information content (AvgIpc) is 2.65. The van der Waals surface area contributed by atoms with Crippen molar-refractivity contribution < 1.29 is 24.2 Å². The molecular weight excluding hydrogens is 334 g/mol. The Labute approximate surface area is 151 Å². The van der Waals surface area contributed by atoms with Gasteiger partial charge in [0.15, 0.2) is 5.78 Å². The summed E-state index contributed by atoms with van der Waals surface area (Å²) in [5.41, 5.74) is 1.70. The van der Waals surface area contributed by atoms with Crippen molar-refractivity contribution in [1.29, 1.82) is 0 Å². The third-order valence-corrected chi connectivity index (χ3v) is 3.76. The lowest BCUT2D eigenvalue weighted by Gasteiger charge is -2.17. The standard InChI is InChI=1S/C20H21NO5/c22-18(11-12-19(23)24)17(13-15-7-3-1-4-8-15)21-20(25)26-14-16-9-5-2-6-10-16/h1-10,17H,11-14H2,(H,21,25)(H,23,24)/t17-/m0/s1. The van der Waals surface area contributed by atoms with E-state index in [9.17, 15) is 14.4 Å². The molecule has 0 bridgehead atoms. The minimum absolute atomic E-state index is 0.0913. The van der Waals surface area contributed by atoms with Crippen LogP contribution in [0.25, 0.3) is 0 Å². The van der Waals surface area contributed by atoms with E-state index in [0.717, 1.165) is 11.1 Å². The van der Waals surface area contributed by atoms with Gasteiger partial charge in [0.25, 0.3) is 0 Å². The molecule has 0 saturated heterocycles. The molecule has 2 aromatic carbocycles. The molecule has 0 aromatic heterocycles. The number of aliphatic carboxylic acids is 1. The molecule has 1 atom stereocenters. The third kappa shape index (κ3) is 6.76. The predicted octanol–water partition coefficient (Wildman–Crippen LogP) is 2.96. The second-order valence-electron chi connectivity index (χ2n) is 5.81. The van der Waals surface area contributed by atoms with Gasteiger partial charge in [-0.05, 0) is 17.5 Å². The van der Waals surface area contributed by atoms with Crippen molar-refractivity contribution in [2.24, 2.45) is 0 Å². The van der Waals surface area contributed by atoms with E-state index in [1.165, 1.54) is 0 Å². The minimum atomic E-state index is -1.05. The summed E-state index contributed by atoms with van der Waals surface area (Å²) in [7, 11) is 0. The van der Waals surface area contributed by atoms with Gasteiger partial charge in [0.1, 0.15) is 6.61 Å². The van der Waals surface area contributed by atoms with Gasteiger partial charge in [-0.15, -0.1) is 0 Å². The van der Waals surface area contributed by atoms with Crippen LogP contribution in [-0.4, -0.2) is 29.0 Å². The van der Waals surface area contributed by atoms with Gasteiger partial charge in [0.2, 0.25) is 0 Å². The summed E-state index contributed by atoms with van der Waals surface area (Å²) < 4.78 is 5.15. The molecule has 0 unspecified atom stereocenters. The van der Waals surface area contributed by atoms with Gasteiger partial charge in [0.05, 0.1) is 12.5 Å². The molecule has 0 aliphatic rings. The number of nitrogens with one attached hydrogen (secondary N) is 1. The number of carbonyl (C=O) groups excluding carboxylic acids is 2. The van der Waals surface area contributed by atoms with Crippen LogP contribution in [0.4, 0.5) is 4.79 Å². The van der Waals surface area contributed by atoms with Crippen LogP contribution in [0.1, 0.15) is 24.0 Å². The maximum Gasteiger partial charge on any atom is 0.408 e. The van der Waals surface area contributed by atoms with Crippen LogP contribution in [0, 0.1) is 0 Å². The van der Waals surface area contributed by atoms with Crippen molar-refractivity contribution in [3.63, 3.8) is 0 Å². The number of hydrogen-bond acceptors (Lipinski definition) is 4. The minimum Gasteiger partial charge on any atom is -0.481 e. The van der Waals surface area contributed by atoms with Crippen molar-refractivity contribution >= 4 is 17.8 Å². The van der Waals surface area contributed by atoms with E-state index in [4.69, 9.17) is 9.84 Å². The molecule has 136 valence electrons. The second kappa shape index (κ2) is 9.98. The molecular formula is C20H21NO5. The Bertz CT molecular complexity index is 730. The van der Waals surface area contributed by atoms with E-state index >= 15 is 0 Å². The lowest BCUT2D eigenvalue weighted by atomic mass is 10.00. The zero-order chi connectivity index (χ0) is 18.8. The van der Waals surface area contributed by atoms with E-state index in [1.54, 1.807) is 0 Å². The van der Waals surface area contributed by atoms with Crippen LogP contribution in [0.2, 0.25) is 0 Å². The van der Waals surface area contributed by atoms with Crippen molar-refractivity contribution in [3.05, 3.63) is 71.8 Å². The highest BCUT2D eigenvalue weighted by Crippen LogP contribution is 2.08. The smallest absolute Gasteiger partial charge is 0.408 e. The number of amides is 1. The zero-order valence-corrected chi connectivity index (χ0v) is 14.3. The Hall–Kier alpha value is -3.15. The van der Waals surface area contributed by atoms with Gasteiger partial charge in [-0.1, -0.05) is 60.7 Å². The molecule has 0 heterocycles. The van der Waals surface area contributed by atoms with E-state index < -0.39 is 18.1 Å². The van der Waals surface area contributed by atoms with Gasteiger partial charge < -0.3 is 15.2 Å². The van der Waals surface area contributed by atoms with Crippen LogP contribution >= 0.6 is 0 Å². The lowest BCUT2D eigenvalue weighted by Crippen LogP contribution is -2.42. The van der Waals surface area contributed by atoms with Gasteiger partial charge in [-0.25, -0.2) is 4.79 Å². The first-order valence-electron chi connectivity index (χ1n) is 8.30. The molecule has 6 heteroatoms. The van der Waals surface area contributed by atoms with Gasteiger partial charge >= 0.3 is 12.1 Å². The summed E-state index contributed by atoms with van der Waals surface area (Å²) >= 11 is 0. The first kappa shape index (κ1) is 19.2. The van der Waals surface area contributed by atoms with Crippen molar-refractivity contribution in [2.75, 3.05) is 0 Å².